The van der Waals surface area contributed by atoms with Crippen LogP contribution in [0.15, 0.2) is 115 Å². The van der Waals surface area contributed by atoms with Gasteiger partial charge in [0.05, 0.1) is 0 Å². The quantitative estimate of drug-likeness (QED) is 0.393. The summed E-state index contributed by atoms with van der Waals surface area (Å²) in [4.78, 5) is 3.53. The zero-order valence-electron chi connectivity index (χ0n) is 15.4. The van der Waals surface area contributed by atoms with E-state index in [2.05, 4.69) is 120 Å². The van der Waals surface area contributed by atoms with E-state index in [1.165, 1.54) is 32.4 Å². The third-order valence-electron chi connectivity index (χ3n) is 5.00. The molecule has 0 saturated carbocycles. The van der Waals surface area contributed by atoms with E-state index in [0.29, 0.717) is 0 Å². The van der Waals surface area contributed by atoms with Gasteiger partial charge in [-0.05, 0) is 41.5 Å². The molecule has 1 nitrogen and oxygen atoms in total. The number of rotatable bonds is 4. The second-order valence-corrected chi connectivity index (χ2v) is 9.04. The van der Waals surface area contributed by atoms with Gasteiger partial charge in [0.15, 0.2) is 0 Å². The average Bonchev–Trinajstić information content (AvgIpc) is 3.20. The minimum atomic E-state index is -0.557. The van der Waals surface area contributed by atoms with Gasteiger partial charge in [-0.15, -0.1) is 0 Å². The third kappa shape index (κ3) is 3.26. The first-order chi connectivity index (χ1) is 13.9. The second kappa shape index (κ2) is 7.46. The Bertz CT molecular complexity index is 1120. The summed E-state index contributed by atoms with van der Waals surface area (Å²) in [5.41, 5.74) is 3.56. The summed E-state index contributed by atoms with van der Waals surface area (Å²) >= 11 is 0. The fourth-order valence-corrected chi connectivity index (χ4v) is 5.90. The number of aromatic amines is 1. The van der Waals surface area contributed by atoms with E-state index in [0.717, 1.165) is 5.69 Å². The largest absolute Gasteiger partial charge is 0.355 e. The highest BCUT2D eigenvalue weighted by atomic mass is 31.1. The maximum atomic E-state index is 3.53. The molecule has 0 atom stereocenters. The summed E-state index contributed by atoms with van der Waals surface area (Å²) in [6.07, 6.45) is 0. The van der Waals surface area contributed by atoms with Crippen LogP contribution in [0, 0.1) is 0 Å². The summed E-state index contributed by atoms with van der Waals surface area (Å²) < 4.78 is 0. The van der Waals surface area contributed by atoms with Crippen LogP contribution < -0.4 is 15.9 Å². The number of para-hydroxylation sites is 1. The number of hydrogen-bond donors (Lipinski definition) is 1. The predicted octanol–water partition coefficient (Wildman–Crippen LogP) is 5.59. The number of H-pyrrole nitrogens is 1. The van der Waals surface area contributed by atoms with E-state index in [4.69, 9.17) is 0 Å². The lowest BCUT2D eigenvalue weighted by atomic mass is 10.1. The van der Waals surface area contributed by atoms with Crippen molar-refractivity contribution in [3.63, 3.8) is 0 Å². The molecule has 0 spiro atoms. The van der Waals surface area contributed by atoms with Crippen molar-refractivity contribution in [3.05, 3.63) is 115 Å². The average molecular weight is 377 g/mol. The maximum Gasteiger partial charge on any atom is 0.0464 e. The molecule has 5 rings (SSSR count). The number of benzene rings is 4. The van der Waals surface area contributed by atoms with Crippen LogP contribution in [0.4, 0.5) is 0 Å². The van der Waals surface area contributed by atoms with Crippen molar-refractivity contribution < 1.29 is 0 Å². The summed E-state index contributed by atoms with van der Waals surface area (Å²) in [5, 5.41) is 5.37. The van der Waals surface area contributed by atoms with Crippen molar-refractivity contribution in [3.8, 4) is 11.3 Å². The molecule has 0 bridgehead atoms. The molecular formula is C26H20NP. The van der Waals surface area contributed by atoms with Crippen LogP contribution in [0.25, 0.3) is 22.2 Å². The zero-order valence-corrected chi connectivity index (χ0v) is 16.3. The van der Waals surface area contributed by atoms with Crippen molar-refractivity contribution in [2.45, 2.75) is 0 Å². The molecule has 134 valence electrons. The lowest BCUT2D eigenvalue weighted by Gasteiger charge is -2.19. The van der Waals surface area contributed by atoms with Crippen LogP contribution in [0.5, 0.6) is 0 Å². The van der Waals surface area contributed by atoms with Crippen LogP contribution in [0.1, 0.15) is 0 Å². The number of fused-ring (bicyclic) bond motifs is 1. The van der Waals surface area contributed by atoms with Gasteiger partial charge in [-0.3, -0.25) is 0 Å². The van der Waals surface area contributed by atoms with E-state index >= 15 is 0 Å². The van der Waals surface area contributed by atoms with Gasteiger partial charge < -0.3 is 4.98 Å². The minimum absolute atomic E-state index is 0.557. The van der Waals surface area contributed by atoms with Gasteiger partial charge in [0, 0.05) is 16.6 Å². The lowest BCUT2D eigenvalue weighted by molar-refractivity contribution is 1.46. The van der Waals surface area contributed by atoms with E-state index in [-0.39, 0.29) is 0 Å². The maximum absolute atomic E-state index is 3.53. The second-order valence-electron chi connectivity index (χ2n) is 6.82. The molecule has 5 aromatic rings. The molecule has 1 N–H and O–H groups in total. The molecule has 0 saturated heterocycles. The van der Waals surface area contributed by atoms with E-state index in [9.17, 15) is 0 Å². The first-order valence-electron chi connectivity index (χ1n) is 9.47. The molecule has 28 heavy (non-hydrogen) atoms. The Morgan fingerprint density at radius 3 is 1.64 bits per heavy atom. The number of hydrogen-bond acceptors (Lipinski definition) is 0. The Hall–Kier alpha value is -3.15. The van der Waals surface area contributed by atoms with Crippen molar-refractivity contribution >= 4 is 34.7 Å². The Balaban J connectivity index is 1.55. The van der Waals surface area contributed by atoms with Crippen LogP contribution in [0.2, 0.25) is 0 Å². The lowest BCUT2D eigenvalue weighted by Crippen LogP contribution is -2.20. The summed E-state index contributed by atoms with van der Waals surface area (Å²) in [6.45, 7) is 0. The summed E-state index contributed by atoms with van der Waals surface area (Å²) in [6, 6.07) is 41.3. The molecule has 1 aromatic heterocycles. The molecule has 0 unspecified atom stereocenters. The molecule has 0 amide bonds. The molecular weight excluding hydrogens is 357 g/mol. The molecule has 0 aliphatic carbocycles. The van der Waals surface area contributed by atoms with Gasteiger partial charge in [0.1, 0.15) is 0 Å². The highest BCUT2D eigenvalue weighted by Crippen LogP contribution is 2.33. The molecule has 0 aliphatic heterocycles. The SMILES string of the molecule is c1ccc(P(c2ccccc2)c2ccc(-c3cc4ccccc4[nH]3)cc2)cc1. The third-order valence-corrected chi connectivity index (χ3v) is 7.44. The van der Waals surface area contributed by atoms with Gasteiger partial charge in [0.25, 0.3) is 0 Å². The number of aromatic nitrogens is 1. The highest BCUT2D eigenvalue weighted by Gasteiger charge is 2.16. The van der Waals surface area contributed by atoms with Crippen LogP contribution in [0.3, 0.4) is 0 Å². The van der Waals surface area contributed by atoms with Gasteiger partial charge in [-0.1, -0.05) is 103 Å². The topological polar surface area (TPSA) is 15.8 Å². The van der Waals surface area contributed by atoms with Gasteiger partial charge in [-0.25, -0.2) is 0 Å². The summed E-state index contributed by atoms with van der Waals surface area (Å²) in [7, 11) is -0.557. The van der Waals surface area contributed by atoms with Crippen molar-refractivity contribution in [2.24, 2.45) is 0 Å². The molecule has 0 radical (unpaired) electrons. The van der Waals surface area contributed by atoms with Gasteiger partial charge in [-0.2, -0.15) is 0 Å². The van der Waals surface area contributed by atoms with E-state index in [1.807, 2.05) is 0 Å². The summed E-state index contributed by atoms with van der Waals surface area (Å²) in [5.74, 6) is 0. The minimum Gasteiger partial charge on any atom is -0.355 e. The monoisotopic (exact) mass is 377 g/mol. The normalized spacial score (nSPS) is 11.2. The van der Waals surface area contributed by atoms with E-state index in [1.54, 1.807) is 0 Å². The molecule has 1 heterocycles. The van der Waals surface area contributed by atoms with E-state index < -0.39 is 7.92 Å². The highest BCUT2D eigenvalue weighted by molar-refractivity contribution is 7.79. The molecule has 0 aliphatic rings. The molecule has 2 heteroatoms. The molecule has 4 aromatic carbocycles. The van der Waals surface area contributed by atoms with Crippen molar-refractivity contribution in [2.75, 3.05) is 0 Å². The van der Waals surface area contributed by atoms with Crippen LogP contribution in [-0.4, -0.2) is 4.98 Å². The fraction of sp³-hybridized carbons (Fsp3) is 0. The van der Waals surface area contributed by atoms with Crippen molar-refractivity contribution in [1.29, 1.82) is 0 Å². The fourth-order valence-electron chi connectivity index (χ4n) is 3.62. The van der Waals surface area contributed by atoms with Crippen molar-refractivity contribution in [1.82, 2.24) is 4.98 Å². The Kier molecular flexibility index (Phi) is 4.53. The number of nitrogens with one attached hydrogen (secondary N) is 1. The smallest absolute Gasteiger partial charge is 0.0464 e. The standard InChI is InChI=1S/C26H20NP/c1-3-10-22(11-4-1)28(23-12-5-2-6-13-23)24-17-15-20(16-18-24)26-19-21-9-7-8-14-25(21)27-26/h1-19,27H. The molecule has 0 fully saturated rings. The zero-order chi connectivity index (χ0) is 18.8. The first kappa shape index (κ1) is 17.0. The van der Waals surface area contributed by atoms with Gasteiger partial charge in [0.2, 0.25) is 0 Å². The predicted molar refractivity (Wildman–Crippen MR) is 122 cm³/mol. The Morgan fingerprint density at radius 1 is 0.500 bits per heavy atom. The first-order valence-corrected chi connectivity index (χ1v) is 10.8. The van der Waals surface area contributed by atoms with Crippen LogP contribution >= 0.6 is 7.92 Å². The Morgan fingerprint density at radius 2 is 1.04 bits per heavy atom. The van der Waals surface area contributed by atoms with Gasteiger partial charge >= 0.3 is 0 Å². The Labute approximate surface area is 166 Å². The van der Waals surface area contributed by atoms with Crippen LogP contribution in [-0.2, 0) is 0 Å².